The van der Waals surface area contributed by atoms with Gasteiger partial charge in [-0.1, -0.05) is 19.9 Å². The summed E-state index contributed by atoms with van der Waals surface area (Å²) >= 11 is 0. The molecule has 21 heavy (non-hydrogen) atoms. The first-order valence-electron chi connectivity index (χ1n) is 8.36. The zero-order valence-electron chi connectivity index (χ0n) is 13.8. The van der Waals surface area contributed by atoms with Crippen molar-refractivity contribution in [3.05, 3.63) is 23.9 Å². The molecule has 1 saturated heterocycles. The topological polar surface area (TPSA) is 31.4 Å². The van der Waals surface area contributed by atoms with Crippen LogP contribution in [0.25, 0.3) is 0 Å². The standard InChI is InChI=1S/C17H30N4/c1-4-11-18-13-15-8-6-10-17(19-15)20(3)14-16-9-7-12-21(16)5-2/h6,8,10,16,18H,4-5,7,9,11-14H2,1-3H3. The normalized spacial score (nSPS) is 19.1. The lowest BCUT2D eigenvalue weighted by Crippen LogP contribution is -2.39. The maximum absolute atomic E-state index is 4.78. The molecule has 0 aliphatic carbocycles. The van der Waals surface area contributed by atoms with Gasteiger partial charge in [0.1, 0.15) is 5.82 Å². The molecule has 2 heterocycles. The predicted octanol–water partition coefficient (Wildman–Crippen LogP) is 2.50. The lowest BCUT2D eigenvalue weighted by molar-refractivity contribution is 0.270. The van der Waals surface area contributed by atoms with E-state index in [1.807, 2.05) is 0 Å². The quantitative estimate of drug-likeness (QED) is 0.746. The fourth-order valence-corrected chi connectivity index (χ4v) is 3.10. The van der Waals surface area contributed by atoms with Crippen molar-refractivity contribution in [3.63, 3.8) is 0 Å². The van der Waals surface area contributed by atoms with Crippen LogP contribution >= 0.6 is 0 Å². The Hall–Kier alpha value is -1.13. The van der Waals surface area contributed by atoms with Gasteiger partial charge in [-0.05, 0) is 51.0 Å². The average Bonchev–Trinajstić information content (AvgIpc) is 2.95. The Bertz CT molecular complexity index is 421. The van der Waals surface area contributed by atoms with Crippen molar-refractivity contribution in [1.82, 2.24) is 15.2 Å². The van der Waals surface area contributed by atoms with E-state index in [2.05, 4.69) is 54.2 Å². The Morgan fingerprint density at radius 2 is 2.24 bits per heavy atom. The van der Waals surface area contributed by atoms with Crippen LogP contribution in [0.5, 0.6) is 0 Å². The highest BCUT2D eigenvalue weighted by Crippen LogP contribution is 2.19. The molecule has 1 aliphatic heterocycles. The van der Waals surface area contributed by atoms with E-state index in [1.54, 1.807) is 0 Å². The molecule has 0 bridgehead atoms. The number of hydrogen-bond donors (Lipinski definition) is 1. The first kappa shape index (κ1) is 16.2. The van der Waals surface area contributed by atoms with E-state index in [-0.39, 0.29) is 0 Å². The number of likely N-dealkylation sites (tertiary alicyclic amines) is 1. The Labute approximate surface area is 129 Å². The van der Waals surface area contributed by atoms with Gasteiger partial charge < -0.3 is 10.2 Å². The molecule has 1 aromatic rings. The largest absolute Gasteiger partial charge is 0.358 e. The molecule has 0 radical (unpaired) electrons. The van der Waals surface area contributed by atoms with Gasteiger partial charge in [-0.3, -0.25) is 4.90 Å². The van der Waals surface area contributed by atoms with E-state index in [0.29, 0.717) is 6.04 Å². The molecule has 4 heteroatoms. The Kier molecular flexibility index (Phi) is 6.46. The van der Waals surface area contributed by atoms with Crippen molar-refractivity contribution in [2.45, 2.75) is 45.7 Å². The van der Waals surface area contributed by atoms with Gasteiger partial charge in [0.05, 0.1) is 5.69 Å². The van der Waals surface area contributed by atoms with E-state index in [9.17, 15) is 0 Å². The van der Waals surface area contributed by atoms with Gasteiger partial charge in [-0.15, -0.1) is 0 Å². The number of hydrogen-bond acceptors (Lipinski definition) is 4. The molecule has 4 nitrogen and oxygen atoms in total. The Morgan fingerprint density at radius 1 is 1.38 bits per heavy atom. The maximum Gasteiger partial charge on any atom is 0.128 e. The van der Waals surface area contributed by atoms with E-state index in [0.717, 1.165) is 44.1 Å². The van der Waals surface area contributed by atoms with E-state index in [1.165, 1.54) is 19.4 Å². The molecule has 0 saturated carbocycles. The second-order valence-corrected chi connectivity index (χ2v) is 5.97. The van der Waals surface area contributed by atoms with Crippen LogP contribution in [0, 0.1) is 0 Å². The number of aromatic nitrogens is 1. The molecular formula is C17H30N4. The van der Waals surface area contributed by atoms with Crippen molar-refractivity contribution in [2.75, 3.05) is 38.1 Å². The van der Waals surface area contributed by atoms with Crippen LogP contribution in [0.15, 0.2) is 18.2 Å². The Morgan fingerprint density at radius 3 is 3.00 bits per heavy atom. The summed E-state index contributed by atoms with van der Waals surface area (Å²) < 4.78 is 0. The molecule has 118 valence electrons. The highest BCUT2D eigenvalue weighted by atomic mass is 15.2. The lowest BCUT2D eigenvalue weighted by Gasteiger charge is -2.28. The highest BCUT2D eigenvalue weighted by molar-refractivity contribution is 5.38. The van der Waals surface area contributed by atoms with Crippen LogP contribution in [0.1, 0.15) is 38.8 Å². The van der Waals surface area contributed by atoms with Crippen LogP contribution in [0.3, 0.4) is 0 Å². The summed E-state index contributed by atoms with van der Waals surface area (Å²) in [6.45, 7) is 9.85. The third kappa shape index (κ3) is 4.68. The average molecular weight is 290 g/mol. The monoisotopic (exact) mass is 290 g/mol. The molecule has 1 N–H and O–H groups in total. The van der Waals surface area contributed by atoms with Crippen molar-refractivity contribution in [2.24, 2.45) is 0 Å². The summed E-state index contributed by atoms with van der Waals surface area (Å²) in [5.74, 6) is 1.09. The van der Waals surface area contributed by atoms with Crippen LogP contribution < -0.4 is 10.2 Å². The summed E-state index contributed by atoms with van der Waals surface area (Å²) in [4.78, 5) is 9.68. The molecule has 1 aliphatic rings. The number of nitrogens with zero attached hydrogens (tertiary/aromatic N) is 3. The van der Waals surface area contributed by atoms with Gasteiger partial charge in [-0.25, -0.2) is 4.98 Å². The molecule has 1 fully saturated rings. The third-order valence-corrected chi connectivity index (χ3v) is 4.31. The summed E-state index contributed by atoms with van der Waals surface area (Å²) in [6.07, 6.45) is 3.81. The second-order valence-electron chi connectivity index (χ2n) is 5.97. The van der Waals surface area contributed by atoms with Crippen LogP contribution in [-0.2, 0) is 6.54 Å². The van der Waals surface area contributed by atoms with Gasteiger partial charge in [0, 0.05) is 26.2 Å². The molecular weight excluding hydrogens is 260 g/mol. The fourth-order valence-electron chi connectivity index (χ4n) is 3.10. The van der Waals surface area contributed by atoms with Gasteiger partial charge in [-0.2, -0.15) is 0 Å². The summed E-state index contributed by atoms with van der Waals surface area (Å²) in [5, 5.41) is 3.42. The fraction of sp³-hybridized carbons (Fsp3) is 0.706. The minimum Gasteiger partial charge on any atom is -0.358 e. The first-order chi connectivity index (χ1) is 10.2. The van der Waals surface area contributed by atoms with E-state index < -0.39 is 0 Å². The molecule has 2 rings (SSSR count). The SMILES string of the molecule is CCCNCc1cccc(N(C)CC2CCCN2CC)n1. The molecule has 0 amide bonds. The maximum atomic E-state index is 4.78. The minimum atomic E-state index is 0.684. The summed E-state index contributed by atoms with van der Waals surface area (Å²) in [6, 6.07) is 7.03. The molecule has 1 aromatic heterocycles. The van der Waals surface area contributed by atoms with E-state index in [4.69, 9.17) is 4.98 Å². The minimum absolute atomic E-state index is 0.684. The van der Waals surface area contributed by atoms with Crippen LogP contribution in [0.4, 0.5) is 5.82 Å². The number of nitrogens with one attached hydrogen (secondary N) is 1. The summed E-state index contributed by atoms with van der Waals surface area (Å²) in [7, 11) is 2.16. The Balaban J connectivity index is 1.92. The lowest BCUT2D eigenvalue weighted by atomic mass is 10.2. The van der Waals surface area contributed by atoms with Gasteiger partial charge in [0.25, 0.3) is 0 Å². The van der Waals surface area contributed by atoms with Crippen LogP contribution in [-0.4, -0.2) is 49.2 Å². The second kappa shape index (κ2) is 8.35. The molecule has 0 aromatic carbocycles. The van der Waals surface area contributed by atoms with Crippen LogP contribution in [0.2, 0.25) is 0 Å². The number of pyridine rings is 1. The first-order valence-corrected chi connectivity index (χ1v) is 8.36. The highest BCUT2D eigenvalue weighted by Gasteiger charge is 2.24. The summed E-state index contributed by atoms with van der Waals surface area (Å²) in [5.41, 5.74) is 1.13. The van der Waals surface area contributed by atoms with Crippen molar-refractivity contribution in [3.8, 4) is 0 Å². The van der Waals surface area contributed by atoms with Gasteiger partial charge >= 0.3 is 0 Å². The smallest absolute Gasteiger partial charge is 0.128 e. The van der Waals surface area contributed by atoms with Crippen molar-refractivity contribution in [1.29, 1.82) is 0 Å². The van der Waals surface area contributed by atoms with Gasteiger partial charge in [0.2, 0.25) is 0 Å². The zero-order chi connectivity index (χ0) is 15.1. The van der Waals surface area contributed by atoms with Crippen molar-refractivity contribution >= 4 is 5.82 Å². The van der Waals surface area contributed by atoms with Gasteiger partial charge in [0.15, 0.2) is 0 Å². The molecule has 0 spiro atoms. The van der Waals surface area contributed by atoms with Crippen molar-refractivity contribution < 1.29 is 0 Å². The third-order valence-electron chi connectivity index (χ3n) is 4.31. The van der Waals surface area contributed by atoms with E-state index >= 15 is 0 Å². The molecule has 1 atom stereocenters. The number of rotatable bonds is 8. The molecule has 1 unspecified atom stereocenters. The number of anilines is 1. The predicted molar refractivity (Wildman–Crippen MR) is 89.8 cm³/mol. The number of likely N-dealkylation sites (N-methyl/N-ethyl adjacent to an activating group) is 2. The zero-order valence-corrected chi connectivity index (χ0v) is 13.8.